The summed E-state index contributed by atoms with van der Waals surface area (Å²) in [5.41, 5.74) is 0. The lowest BCUT2D eigenvalue weighted by molar-refractivity contribution is -0.139. The first-order valence-electron chi connectivity index (χ1n) is 4.33. The summed E-state index contributed by atoms with van der Waals surface area (Å²) in [5.74, 6) is -1.44. The van der Waals surface area contributed by atoms with Gasteiger partial charge in [-0.3, -0.25) is 0 Å². The first-order valence-corrected chi connectivity index (χ1v) is 4.33. The van der Waals surface area contributed by atoms with Crippen LogP contribution in [0.2, 0.25) is 0 Å². The van der Waals surface area contributed by atoms with Crippen molar-refractivity contribution >= 4 is 11.9 Å². The molecule has 0 amide bonds. The summed E-state index contributed by atoms with van der Waals surface area (Å²) in [7, 11) is 0. The highest BCUT2D eigenvalue weighted by atomic mass is 16.7. The Morgan fingerprint density at radius 2 is 1.87 bits per heavy atom. The molecule has 1 aliphatic heterocycles. The lowest BCUT2D eigenvalue weighted by Crippen LogP contribution is -2.20. The Kier molecular flexibility index (Phi) is 2.39. The molecule has 15 heavy (non-hydrogen) atoms. The molecule has 0 spiro atoms. The second kappa shape index (κ2) is 3.70. The fraction of sp³-hybridized carbons (Fsp3) is 0.200. The molecule has 1 heterocycles. The van der Waals surface area contributed by atoms with Crippen LogP contribution in [0.5, 0.6) is 5.75 Å². The standard InChI is InChI=1S/C10H8O5/c11-9(12)7-8(15-7)10(13)14-6-4-2-1-3-5-6/h1-5,7-8H,(H,11,12). The minimum absolute atomic E-state index is 0.377. The fourth-order valence-corrected chi connectivity index (χ4v) is 1.14. The number of hydrogen-bond donors (Lipinski definition) is 1. The molecule has 0 radical (unpaired) electrons. The van der Waals surface area contributed by atoms with Gasteiger partial charge in [-0.05, 0) is 12.1 Å². The zero-order valence-electron chi connectivity index (χ0n) is 7.62. The van der Waals surface area contributed by atoms with Crippen LogP contribution in [0.25, 0.3) is 0 Å². The first-order chi connectivity index (χ1) is 7.18. The Labute approximate surface area is 85.2 Å². The van der Waals surface area contributed by atoms with Crippen LogP contribution < -0.4 is 4.74 Å². The van der Waals surface area contributed by atoms with Crippen LogP contribution in [0.1, 0.15) is 0 Å². The van der Waals surface area contributed by atoms with Gasteiger partial charge in [-0.15, -0.1) is 0 Å². The van der Waals surface area contributed by atoms with Gasteiger partial charge in [-0.25, -0.2) is 9.59 Å². The number of rotatable bonds is 3. The fourth-order valence-electron chi connectivity index (χ4n) is 1.14. The molecular formula is C10H8O5. The summed E-state index contributed by atoms with van der Waals surface area (Å²) in [6, 6.07) is 8.42. The van der Waals surface area contributed by atoms with Crippen molar-refractivity contribution in [2.75, 3.05) is 0 Å². The largest absolute Gasteiger partial charge is 0.479 e. The Bertz CT molecular complexity index is 386. The molecule has 0 aliphatic carbocycles. The van der Waals surface area contributed by atoms with Gasteiger partial charge >= 0.3 is 11.9 Å². The highest BCUT2D eigenvalue weighted by Gasteiger charge is 2.52. The highest BCUT2D eigenvalue weighted by molar-refractivity contribution is 5.89. The van der Waals surface area contributed by atoms with Gasteiger partial charge in [0.1, 0.15) is 5.75 Å². The monoisotopic (exact) mass is 208 g/mol. The van der Waals surface area contributed by atoms with E-state index < -0.39 is 24.1 Å². The third-order valence-corrected chi connectivity index (χ3v) is 1.93. The smallest absolute Gasteiger partial charge is 0.344 e. The van der Waals surface area contributed by atoms with Crippen LogP contribution in [-0.4, -0.2) is 29.3 Å². The Morgan fingerprint density at radius 1 is 1.20 bits per heavy atom. The second-order valence-corrected chi connectivity index (χ2v) is 3.05. The predicted octanol–water partition coefficient (Wildman–Crippen LogP) is 0.444. The maximum Gasteiger partial charge on any atom is 0.344 e. The average Bonchev–Trinajstić information content (AvgIpc) is 2.98. The van der Waals surface area contributed by atoms with E-state index in [-0.39, 0.29) is 0 Å². The van der Waals surface area contributed by atoms with Crippen molar-refractivity contribution in [3.63, 3.8) is 0 Å². The molecular weight excluding hydrogens is 200 g/mol. The van der Waals surface area contributed by atoms with Crippen molar-refractivity contribution in [3.8, 4) is 5.75 Å². The van der Waals surface area contributed by atoms with Gasteiger partial charge in [0.2, 0.25) is 0 Å². The van der Waals surface area contributed by atoms with Crippen molar-refractivity contribution in [1.82, 2.24) is 0 Å². The van der Waals surface area contributed by atoms with Crippen LogP contribution in [0.3, 0.4) is 0 Å². The van der Waals surface area contributed by atoms with E-state index in [2.05, 4.69) is 4.74 Å². The molecule has 1 N–H and O–H groups in total. The quantitative estimate of drug-likeness (QED) is 0.443. The number of esters is 1. The lowest BCUT2D eigenvalue weighted by atomic mass is 10.3. The molecule has 0 bridgehead atoms. The molecule has 5 nitrogen and oxygen atoms in total. The molecule has 1 aliphatic rings. The minimum Gasteiger partial charge on any atom is -0.479 e. The second-order valence-electron chi connectivity index (χ2n) is 3.05. The molecule has 2 unspecified atom stereocenters. The molecule has 5 heteroatoms. The third kappa shape index (κ3) is 2.13. The average molecular weight is 208 g/mol. The van der Waals surface area contributed by atoms with E-state index >= 15 is 0 Å². The van der Waals surface area contributed by atoms with Gasteiger partial charge in [0, 0.05) is 0 Å². The normalized spacial score (nSPS) is 23.2. The molecule has 1 fully saturated rings. The van der Waals surface area contributed by atoms with Crippen LogP contribution >= 0.6 is 0 Å². The van der Waals surface area contributed by atoms with Gasteiger partial charge in [0.25, 0.3) is 0 Å². The number of hydrogen-bond acceptors (Lipinski definition) is 4. The Balaban J connectivity index is 1.92. The molecule has 1 saturated heterocycles. The van der Waals surface area contributed by atoms with E-state index in [1.165, 1.54) is 0 Å². The topological polar surface area (TPSA) is 76.1 Å². The highest BCUT2D eigenvalue weighted by Crippen LogP contribution is 2.24. The van der Waals surface area contributed by atoms with Crippen molar-refractivity contribution in [3.05, 3.63) is 30.3 Å². The third-order valence-electron chi connectivity index (χ3n) is 1.93. The zero-order valence-corrected chi connectivity index (χ0v) is 7.62. The number of carboxylic acids is 1. The van der Waals surface area contributed by atoms with Gasteiger partial charge < -0.3 is 14.6 Å². The van der Waals surface area contributed by atoms with E-state index in [4.69, 9.17) is 9.84 Å². The summed E-state index contributed by atoms with van der Waals surface area (Å²) in [6.45, 7) is 0. The number of para-hydroxylation sites is 1. The van der Waals surface area contributed by atoms with Crippen LogP contribution in [0, 0.1) is 0 Å². The minimum atomic E-state index is -1.15. The van der Waals surface area contributed by atoms with Crippen LogP contribution in [0.4, 0.5) is 0 Å². The SMILES string of the molecule is O=C(O)C1OC1C(=O)Oc1ccccc1. The van der Waals surface area contributed by atoms with Crippen molar-refractivity contribution < 1.29 is 24.2 Å². The van der Waals surface area contributed by atoms with E-state index in [0.717, 1.165) is 0 Å². The number of epoxide rings is 1. The number of carboxylic acid groups (broad SMARTS) is 1. The molecule has 0 aromatic heterocycles. The van der Waals surface area contributed by atoms with Gasteiger partial charge in [-0.1, -0.05) is 18.2 Å². The number of aliphatic carboxylic acids is 1. The molecule has 0 saturated carbocycles. The molecule has 2 rings (SSSR count). The van der Waals surface area contributed by atoms with E-state index in [9.17, 15) is 9.59 Å². The van der Waals surface area contributed by atoms with Crippen molar-refractivity contribution in [2.24, 2.45) is 0 Å². The summed E-state index contributed by atoms with van der Waals surface area (Å²) in [4.78, 5) is 21.7. The lowest BCUT2D eigenvalue weighted by Gasteiger charge is -2.00. The summed E-state index contributed by atoms with van der Waals surface area (Å²) < 4.78 is 9.53. The van der Waals surface area contributed by atoms with Gasteiger partial charge in [-0.2, -0.15) is 0 Å². The van der Waals surface area contributed by atoms with E-state index in [0.29, 0.717) is 5.75 Å². The molecule has 2 atom stereocenters. The number of carbonyl (C=O) groups is 2. The van der Waals surface area contributed by atoms with E-state index in [1.807, 2.05) is 0 Å². The van der Waals surface area contributed by atoms with Crippen LogP contribution in [-0.2, 0) is 14.3 Å². The predicted molar refractivity (Wildman–Crippen MR) is 48.4 cm³/mol. The number of ether oxygens (including phenoxy) is 2. The molecule has 1 aromatic carbocycles. The molecule has 78 valence electrons. The van der Waals surface area contributed by atoms with Crippen LogP contribution in [0.15, 0.2) is 30.3 Å². The Morgan fingerprint density at radius 3 is 2.40 bits per heavy atom. The molecule has 1 aromatic rings. The van der Waals surface area contributed by atoms with Crippen molar-refractivity contribution in [2.45, 2.75) is 12.2 Å². The summed E-state index contributed by atoms with van der Waals surface area (Å²) in [6.07, 6.45) is -2.02. The van der Waals surface area contributed by atoms with E-state index in [1.54, 1.807) is 30.3 Å². The van der Waals surface area contributed by atoms with Crippen molar-refractivity contribution in [1.29, 1.82) is 0 Å². The summed E-state index contributed by atoms with van der Waals surface area (Å²) in [5, 5.41) is 8.51. The van der Waals surface area contributed by atoms with Gasteiger partial charge in [0.15, 0.2) is 12.2 Å². The summed E-state index contributed by atoms with van der Waals surface area (Å²) >= 11 is 0. The maximum atomic E-state index is 11.3. The number of benzene rings is 1. The number of carbonyl (C=O) groups excluding carboxylic acids is 1. The Hall–Kier alpha value is -1.88. The first kappa shape index (κ1) is 9.67. The zero-order chi connectivity index (χ0) is 10.8. The van der Waals surface area contributed by atoms with Gasteiger partial charge in [0.05, 0.1) is 0 Å². The maximum absolute atomic E-state index is 11.3.